The number of aryl methyl sites for hydroxylation is 1. The van der Waals surface area contributed by atoms with Crippen LogP contribution in [-0.4, -0.2) is 38.0 Å². The zero-order valence-corrected chi connectivity index (χ0v) is 16.5. The van der Waals surface area contributed by atoms with Crippen LogP contribution in [0.3, 0.4) is 0 Å². The van der Waals surface area contributed by atoms with E-state index in [1.165, 1.54) is 16.7 Å². The van der Waals surface area contributed by atoms with Gasteiger partial charge in [0.25, 0.3) is 11.1 Å². The second kappa shape index (κ2) is 6.90. The van der Waals surface area contributed by atoms with Crippen molar-refractivity contribution in [2.45, 2.75) is 32.4 Å². The summed E-state index contributed by atoms with van der Waals surface area (Å²) in [7, 11) is 0. The van der Waals surface area contributed by atoms with Crippen LogP contribution in [0.5, 0.6) is 0 Å². The molecule has 2 aliphatic rings. The Morgan fingerprint density at radius 1 is 1.17 bits per heavy atom. The molecule has 2 aromatic heterocycles. The van der Waals surface area contributed by atoms with Gasteiger partial charge < -0.3 is 9.47 Å². The summed E-state index contributed by atoms with van der Waals surface area (Å²) in [6.07, 6.45) is 0.947. The van der Waals surface area contributed by atoms with Crippen molar-refractivity contribution in [1.82, 2.24) is 19.0 Å². The maximum absolute atomic E-state index is 13.6. The Labute approximate surface area is 171 Å². The lowest BCUT2D eigenvalue weighted by Gasteiger charge is -2.42. The number of hydrogen-bond acceptors (Lipinski definition) is 4. The zero-order chi connectivity index (χ0) is 21.0. The number of pyridine rings is 1. The van der Waals surface area contributed by atoms with Crippen molar-refractivity contribution in [3.63, 3.8) is 0 Å². The molecule has 2 bridgehead atoms. The van der Waals surface area contributed by atoms with Crippen molar-refractivity contribution >= 4 is 16.8 Å². The molecule has 5 rings (SSSR count). The lowest BCUT2D eigenvalue weighted by Crippen LogP contribution is -2.50. The highest BCUT2D eigenvalue weighted by Gasteiger charge is 2.36. The molecule has 0 saturated carbocycles. The highest BCUT2D eigenvalue weighted by Crippen LogP contribution is 2.35. The van der Waals surface area contributed by atoms with Gasteiger partial charge in [-0.2, -0.15) is 0 Å². The third kappa shape index (κ3) is 3.03. The molecule has 3 aromatic rings. The van der Waals surface area contributed by atoms with E-state index in [1.54, 1.807) is 24.0 Å². The fraction of sp³-hybridized carbons (Fsp3) is 0.364. The van der Waals surface area contributed by atoms with E-state index >= 15 is 0 Å². The van der Waals surface area contributed by atoms with Gasteiger partial charge in [0.15, 0.2) is 0 Å². The van der Waals surface area contributed by atoms with Gasteiger partial charge in [-0.05, 0) is 43.5 Å². The van der Waals surface area contributed by atoms with Crippen LogP contribution in [0.2, 0.25) is 0 Å². The third-order valence-electron chi connectivity index (χ3n) is 6.23. The second-order valence-corrected chi connectivity index (χ2v) is 8.21. The van der Waals surface area contributed by atoms with Crippen molar-refractivity contribution in [2.24, 2.45) is 5.92 Å². The highest BCUT2D eigenvalue weighted by atomic mass is 19.1. The molecule has 0 aliphatic carbocycles. The summed E-state index contributed by atoms with van der Waals surface area (Å²) < 4.78 is 16.7. The summed E-state index contributed by atoms with van der Waals surface area (Å²) in [5.74, 6) is 0.0561. The Hall–Kier alpha value is -3.29. The first-order valence-electron chi connectivity index (χ1n) is 10.0. The van der Waals surface area contributed by atoms with Gasteiger partial charge in [-0.25, -0.2) is 9.37 Å². The normalized spacial score (nSPS) is 20.3. The first kappa shape index (κ1) is 18.7. The molecule has 0 spiro atoms. The number of hydrogen-bond donors (Lipinski definition) is 0. The average molecular weight is 408 g/mol. The van der Waals surface area contributed by atoms with Gasteiger partial charge in [-0.3, -0.25) is 19.0 Å². The van der Waals surface area contributed by atoms with Crippen LogP contribution in [0.1, 0.15) is 23.9 Å². The zero-order valence-electron chi connectivity index (χ0n) is 16.5. The number of likely N-dealkylation sites (tertiary alicyclic amines) is 1. The van der Waals surface area contributed by atoms with E-state index in [9.17, 15) is 18.8 Å². The number of piperidine rings is 1. The lowest BCUT2D eigenvalue weighted by atomic mass is 9.83. The molecular formula is C22H21FN4O3. The van der Waals surface area contributed by atoms with Gasteiger partial charge in [0.2, 0.25) is 5.91 Å². The molecule has 4 heterocycles. The molecule has 7 nitrogen and oxygen atoms in total. The minimum Gasteiger partial charge on any atom is -0.340 e. The topological polar surface area (TPSA) is 77.2 Å². The molecule has 154 valence electrons. The highest BCUT2D eigenvalue weighted by molar-refractivity contribution is 5.79. The first-order chi connectivity index (χ1) is 14.4. The van der Waals surface area contributed by atoms with Gasteiger partial charge in [0, 0.05) is 37.3 Å². The fourth-order valence-electron chi connectivity index (χ4n) is 4.83. The number of benzene rings is 1. The van der Waals surface area contributed by atoms with E-state index in [0.29, 0.717) is 31.0 Å². The molecule has 1 amide bonds. The van der Waals surface area contributed by atoms with E-state index in [4.69, 9.17) is 0 Å². The number of fused-ring (bicyclic) bond motifs is 5. The minimum absolute atomic E-state index is 0.00127. The average Bonchev–Trinajstić information content (AvgIpc) is 2.72. The number of rotatable bonds is 2. The Morgan fingerprint density at radius 2 is 2.00 bits per heavy atom. The molecule has 1 fully saturated rings. The van der Waals surface area contributed by atoms with Crippen LogP contribution in [0, 0.1) is 18.7 Å². The van der Waals surface area contributed by atoms with E-state index in [0.717, 1.165) is 18.2 Å². The summed E-state index contributed by atoms with van der Waals surface area (Å²) in [5, 5.41) is 0.164. The second-order valence-electron chi connectivity index (χ2n) is 8.21. The molecule has 0 N–H and O–H groups in total. The number of amides is 1. The van der Waals surface area contributed by atoms with E-state index in [2.05, 4.69) is 4.98 Å². The van der Waals surface area contributed by atoms with Crippen LogP contribution in [-0.2, 0) is 17.9 Å². The number of carbonyl (C=O) groups is 1. The predicted octanol–water partition coefficient (Wildman–Crippen LogP) is 1.65. The van der Waals surface area contributed by atoms with Gasteiger partial charge in [0.1, 0.15) is 18.2 Å². The van der Waals surface area contributed by atoms with Crippen molar-refractivity contribution in [3.8, 4) is 0 Å². The maximum Gasteiger partial charge on any atom is 0.261 e. The summed E-state index contributed by atoms with van der Waals surface area (Å²) >= 11 is 0. The van der Waals surface area contributed by atoms with Crippen LogP contribution >= 0.6 is 0 Å². The van der Waals surface area contributed by atoms with E-state index < -0.39 is 11.4 Å². The summed E-state index contributed by atoms with van der Waals surface area (Å²) in [6, 6.07) is 9.17. The van der Waals surface area contributed by atoms with Crippen LogP contribution in [0.15, 0.2) is 46.0 Å². The van der Waals surface area contributed by atoms with Crippen LogP contribution < -0.4 is 11.1 Å². The molecule has 2 atom stereocenters. The number of carbonyl (C=O) groups excluding carboxylic acids is 1. The smallest absolute Gasteiger partial charge is 0.261 e. The number of nitrogens with zero attached hydrogens (tertiary/aromatic N) is 4. The lowest BCUT2D eigenvalue weighted by molar-refractivity contribution is -0.134. The fourth-order valence-corrected chi connectivity index (χ4v) is 4.83. The molecule has 1 aromatic carbocycles. The van der Waals surface area contributed by atoms with Crippen molar-refractivity contribution in [1.29, 1.82) is 0 Å². The Kier molecular flexibility index (Phi) is 4.30. The van der Waals surface area contributed by atoms with E-state index in [1.807, 2.05) is 10.6 Å². The Bertz CT molecular complexity index is 1300. The Morgan fingerprint density at radius 3 is 2.83 bits per heavy atom. The van der Waals surface area contributed by atoms with Crippen molar-refractivity contribution in [3.05, 3.63) is 74.4 Å². The van der Waals surface area contributed by atoms with Crippen molar-refractivity contribution < 1.29 is 9.18 Å². The summed E-state index contributed by atoms with van der Waals surface area (Å²) in [5.41, 5.74) is 0.961. The molecule has 2 aliphatic heterocycles. The quantitative estimate of drug-likeness (QED) is 0.646. The van der Waals surface area contributed by atoms with Crippen molar-refractivity contribution in [2.75, 3.05) is 13.1 Å². The molecule has 8 heteroatoms. The number of halogens is 1. The molecule has 0 radical (unpaired) electrons. The van der Waals surface area contributed by atoms with Crippen LogP contribution in [0.25, 0.3) is 10.9 Å². The Balaban J connectivity index is 1.43. The molecule has 1 saturated heterocycles. The standard InChI is InChI=1S/C22H21FN4O3/c1-13-24-18-6-5-16(23)8-17(18)22(30)26(13)12-21(29)25-9-14-7-15(11-25)19-3-2-4-20(28)27(19)10-14/h2-6,8,14-15H,7,9-12H2,1H3/t14-,15+/m1/s1. The third-order valence-corrected chi connectivity index (χ3v) is 6.23. The molecular weight excluding hydrogens is 387 g/mol. The SMILES string of the molecule is Cc1nc2ccc(F)cc2c(=O)n1CC(=O)N1C[C@H]2C[C@@H](C1)c1cccc(=O)n1C2. The number of aromatic nitrogens is 3. The van der Waals surface area contributed by atoms with Crippen LogP contribution in [0.4, 0.5) is 4.39 Å². The summed E-state index contributed by atoms with van der Waals surface area (Å²) in [4.78, 5) is 44.3. The van der Waals surface area contributed by atoms with Gasteiger partial charge >= 0.3 is 0 Å². The largest absolute Gasteiger partial charge is 0.340 e. The monoisotopic (exact) mass is 408 g/mol. The van der Waals surface area contributed by atoms with Gasteiger partial charge in [-0.1, -0.05) is 6.07 Å². The van der Waals surface area contributed by atoms with Gasteiger partial charge in [-0.15, -0.1) is 0 Å². The first-order valence-corrected chi connectivity index (χ1v) is 10.0. The minimum atomic E-state index is -0.513. The summed E-state index contributed by atoms with van der Waals surface area (Å²) in [6.45, 7) is 3.21. The molecule has 30 heavy (non-hydrogen) atoms. The maximum atomic E-state index is 13.6. The predicted molar refractivity (Wildman–Crippen MR) is 109 cm³/mol. The van der Waals surface area contributed by atoms with E-state index in [-0.39, 0.29) is 35.2 Å². The van der Waals surface area contributed by atoms with Gasteiger partial charge in [0.05, 0.1) is 10.9 Å². The molecule has 0 unspecified atom stereocenters.